The van der Waals surface area contributed by atoms with E-state index in [4.69, 9.17) is 4.74 Å². The van der Waals surface area contributed by atoms with Gasteiger partial charge in [0, 0.05) is 7.11 Å². The molecule has 1 rings (SSSR count). The molecule has 0 aliphatic carbocycles. The fraction of sp³-hybridized carbons (Fsp3) is 0.250. The number of ether oxygens (including phenoxy) is 2. The average molecular weight is 206 g/mol. The van der Waals surface area contributed by atoms with Gasteiger partial charge in [0.05, 0.1) is 0 Å². The lowest BCUT2D eigenvalue weighted by atomic mass is 10.2. The van der Waals surface area contributed by atoms with Crippen LogP contribution in [0.4, 0.5) is 0 Å². The van der Waals surface area contributed by atoms with Gasteiger partial charge < -0.3 is 9.47 Å². The van der Waals surface area contributed by atoms with Gasteiger partial charge in [0.25, 0.3) is 0 Å². The first-order valence-corrected chi connectivity index (χ1v) is 4.68. The lowest BCUT2D eigenvalue weighted by molar-refractivity contribution is -0.138. The van der Waals surface area contributed by atoms with E-state index >= 15 is 0 Å². The van der Waals surface area contributed by atoms with Gasteiger partial charge in [-0.15, -0.1) is 0 Å². The molecule has 1 aromatic carbocycles. The van der Waals surface area contributed by atoms with Crippen molar-refractivity contribution in [3.63, 3.8) is 0 Å². The Morgan fingerprint density at radius 2 is 2.27 bits per heavy atom. The quantitative estimate of drug-likeness (QED) is 0.560. The van der Waals surface area contributed by atoms with Gasteiger partial charge in [-0.1, -0.05) is 24.3 Å². The molecule has 0 N–H and O–H groups in total. The van der Waals surface area contributed by atoms with E-state index in [1.807, 2.05) is 31.2 Å². The SMILES string of the molecule is C/C=C/c1cccc(OC(=O)COC)c1. The molecular formula is C12H14O3. The number of benzene rings is 1. The van der Waals surface area contributed by atoms with Crippen LogP contribution in [0.5, 0.6) is 5.75 Å². The fourth-order valence-electron chi connectivity index (χ4n) is 1.15. The Hall–Kier alpha value is -1.61. The molecule has 3 heteroatoms. The molecule has 0 aliphatic heterocycles. The third-order valence-electron chi connectivity index (χ3n) is 1.71. The highest BCUT2D eigenvalue weighted by Gasteiger charge is 2.03. The summed E-state index contributed by atoms with van der Waals surface area (Å²) >= 11 is 0. The van der Waals surface area contributed by atoms with Gasteiger partial charge in [-0.05, 0) is 24.6 Å². The van der Waals surface area contributed by atoms with E-state index in [1.54, 1.807) is 12.1 Å². The van der Waals surface area contributed by atoms with Crippen molar-refractivity contribution >= 4 is 12.0 Å². The summed E-state index contributed by atoms with van der Waals surface area (Å²) in [7, 11) is 1.46. The van der Waals surface area contributed by atoms with Crippen molar-refractivity contribution in [1.82, 2.24) is 0 Å². The molecule has 0 amide bonds. The molecule has 1 aromatic rings. The third-order valence-corrected chi connectivity index (χ3v) is 1.71. The highest BCUT2D eigenvalue weighted by Crippen LogP contribution is 2.14. The Morgan fingerprint density at radius 1 is 1.47 bits per heavy atom. The molecule has 0 unspecified atom stereocenters. The molecule has 0 aromatic heterocycles. The van der Waals surface area contributed by atoms with Gasteiger partial charge in [-0.3, -0.25) is 0 Å². The molecule has 0 radical (unpaired) electrons. The number of hydrogen-bond donors (Lipinski definition) is 0. The van der Waals surface area contributed by atoms with Crippen LogP contribution in [-0.2, 0) is 9.53 Å². The van der Waals surface area contributed by atoms with Crippen molar-refractivity contribution in [2.75, 3.05) is 13.7 Å². The van der Waals surface area contributed by atoms with Crippen molar-refractivity contribution in [2.24, 2.45) is 0 Å². The maximum atomic E-state index is 11.1. The summed E-state index contributed by atoms with van der Waals surface area (Å²) < 4.78 is 9.71. The molecule has 0 atom stereocenters. The zero-order valence-electron chi connectivity index (χ0n) is 8.90. The van der Waals surface area contributed by atoms with Crippen molar-refractivity contribution in [1.29, 1.82) is 0 Å². The number of allylic oxidation sites excluding steroid dienone is 1. The van der Waals surface area contributed by atoms with E-state index in [9.17, 15) is 4.79 Å². The van der Waals surface area contributed by atoms with E-state index in [1.165, 1.54) is 7.11 Å². The average Bonchev–Trinajstić information content (AvgIpc) is 2.19. The molecule has 0 spiro atoms. The van der Waals surface area contributed by atoms with Gasteiger partial charge in [0.2, 0.25) is 0 Å². The third kappa shape index (κ3) is 3.95. The van der Waals surface area contributed by atoms with E-state index in [-0.39, 0.29) is 6.61 Å². The molecule has 0 bridgehead atoms. The number of esters is 1. The van der Waals surface area contributed by atoms with Crippen LogP contribution in [0.15, 0.2) is 30.3 Å². The normalized spacial score (nSPS) is 10.5. The Balaban J connectivity index is 2.69. The minimum absolute atomic E-state index is 0.0339. The summed E-state index contributed by atoms with van der Waals surface area (Å²) in [5, 5.41) is 0. The first kappa shape index (κ1) is 11.5. The molecular weight excluding hydrogens is 192 g/mol. The molecule has 15 heavy (non-hydrogen) atoms. The van der Waals surface area contributed by atoms with E-state index < -0.39 is 5.97 Å². The molecule has 0 aliphatic rings. The highest BCUT2D eigenvalue weighted by molar-refractivity contribution is 5.73. The second kappa shape index (κ2) is 5.98. The van der Waals surface area contributed by atoms with Crippen LogP contribution in [0, 0.1) is 0 Å². The fourth-order valence-corrected chi connectivity index (χ4v) is 1.15. The van der Waals surface area contributed by atoms with E-state index in [2.05, 4.69) is 4.74 Å². The van der Waals surface area contributed by atoms with Crippen molar-refractivity contribution in [3.8, 4) is 5.75 Å². The predicted octanol–water partition coefficient (Wildman–Crippen LogP) is 2.27. The molecule has 0 fully saturated rings. The number of hydrogen-bond acceptors (Lipinski definition) is 3. The van der Waals surface area contributed by atoms with Crippen LogP contribution in [-0.4, -0.2) is 19.7 Å². The van der Waals surface area contributed by atoms with E-state index in [0.29, 0.717) is 5.75 Å². The van der Waals surface area contributed by atoms with Gasteiger partial charge in [-0.2, -0.15) is 0 Å². The Bertz CT molecular complexity index is 356. The lowest BCUT2D eigenvalue weighted by Gasteiger charge is -2.03. The van der Waals surface area contributed by atoms with Gasteiger partial charge in [0.1, 0.15) is 12.4 Å². The molecule has 80 valence electrons. The maximum absolute atomic E-state index is 11.1. The molecule has 0 saturated heterocycles. The van der Waals surface area contributed by atoms with Crippen molar-refractivity contribution < 1.29 is 14.3 Å². The van der Waals surface area contributed by atoms with Crippen LogP contribution in [0.1, 0.15) is 12.5 Å². The zero-order chi connectivity index (χ0) is 11.1. The largest absolute Gasteiger partial charge is 0.425 e. The number of methoxy groups -OCH3 is 1. The second-order valence-corrected chi connectivity index (χ2v) is 2.98. The zero-order valence-corrected chi connectivity index (χ0v) is 8.90. The Kier molecular flexibility index (Phi) is 4.57. The first-order valence-electron chi connectivity index (χ1n) is 4.68. The molecule has 0 heterocycles. The summed E-state index contributed by atoms with van der Waals surface area (Å²) in [6, 6.07) is 7.31. The number of rotatable bonds is 4. The van der Waals surface area contributed by atoms with E-state index in [0.717, 1.165) is 5.56 Å². The van der Waals surface area contributed by atoms with Crippen molar-refractivity contribution in [3.05, 3.63) is 35.9 Å². The Labute approximate surface area is 89.3 Å². The number of carbonyl (C=O) groups is 1. The van der Waals surface area contributed by atoms with Gasteiger partial charge >= 0.3 is 5.97 Å². The summed E-state index contributed by atoms with van der Waals surface area (Å²) in [6.07, 6.45) is 3.86. The second-order valence-electron chi connectivity index (χ2n) is 2.98. The van der Waals surface area contributed by atoms with Crippen LogP contribution in [0.25, 0.3) is 6.08 Å². The highest BCUT2D eigenvalue weighted by atomic mass is 16.6. The molecule has 3 nitrogen and oxygen atoms in total. The van der Waals surface area contributed by atoms with Crippen molar-refractivity contribution in [2.45, 2.75) is 6.92 Å². The maximum Gasteiger partial charge on any atom is 0.337 e. The monoisotopic (exact) mass is 206 g/mol. The van der Waals surface area contributed by atoms with Crippen LogP contribution >= 0.6 is 0 Å². The molecule has 0 saturated carbocycles. The van der Waals surface area contributed by atoms with Crippen LogP contribution in [0.3, 0.4) is 0 Å². The predicted molar refractivity (Wildman–Crippen MR) is 58.7 cm³/mol. The van der Waals surface area contributed by atoms with Gasteiger partial charge in [0.15, 0.2) is 0 Å². The standard InChI is InChI=1S/C12H14O3/c1-3-5-10-6-4-7-11(8-10)15-12(13)9-14-2/h3-8H,9H2,1-2H3/b5-3+. The summed E-state index contributed by atoms with van der Waals surface area (Å²) in [5.41, 5.74) is 1.00. The summed E-state index contributed by atoms with van der Waals surface area (Å²) in [6.45, 7) is 1.90. The Morgan fingerprint density at radius 3 is 2.93 bits per heavy atom. The lowest BCUT2D eigenvalue weighted by Crippen LogP contribution is -2.14. The summed E-state index contributed by atoms with van der Waals surface area (Å²) in [5.74, 6) is 0.141. The minimum atomic E-state index is -0.393. The van der Waals surface area contributed by atoms with Gasteiger partial charge in [-0.25, -0.2) is 4.79 Å². The first-order chi connectivity index (χ1) is 7.26. The minimum Gasteiger partial charge on any atom is -0.425 e. The van der Waals surface area contributed by atoms with Crippen LogP contribution < -0.4 is 4.74 Å². The smallest absolute Gasteiger partial charge is 0.337 e. The summed E-state index contributed by atoms with van der Waals surface area (Å²) in [4.78, 5) is 11.1. The topological polar surface area (TPSA) is 35.5 Å². The number of carbonyl (C=O) groups excluding carboxylic acids is 1. The van der Waals surface area contributed by atoms with Crippen LogP contribution in [0.2, 0.25) is 0 Å².